The van der Waals surface area contributed by atoms with Crippen molar-refractivity contribution in [1.29, 1.82) is 0 Å². The van der Waals surface area contributed by atoms with Crippen molar-refractivity contribution in [2.45, 2.75) is 44.6 Å². The number of hydrogen-bond acceptors (Lipinski definition) is 3. The molecule has 2 unspecified atom stereocenters. The van der Waals surface area contributed by atoms with Gasteiger partial charge in [0.2, 0.25) is 0 Å². The largest absolute Gasteiger partial charge is 0.481 e. The molecule has 1 saturated carbocycles. The number of carbonyl (C=O) groups excluding carboxylic acids is 1. The van der Waals surface area contributed by atoms with Crippen LogP contribution in [0.15, 0.2) is 0 Å². The van der Waals surface area contributed by atoms with Crippen LogP contribution in [0.4, 0.5) is 4.79 Å². The second-order valence-corrected chi connectivity index (χ2v) is 5.87. The molecule has 2 fully saturated rings. The summed E-state index contributed by atoms with van der Waals surface area (Å²) >= 11 is 0. The first-order valence-corrected chi connectivity index (χ1v) is 7.64. The SMILES string of the molecule is O=C(NCC1CCCCC1C(=O)O)NC1CCNCC1. The molecule has 1 saturated heterocycles. The lowest BCUT2D eigenvalue weighted by molar-refractivity contribution is -0.144. The van der Waals surface area contributed by atoms with E-state index in [1.165, 1.54) is 0 Å². The highest BCUT2D eigenvalue weighted by Gasteiger charge is 2.30. The number of piperidine rings is 1. The smallest absolute Gasteiger partial charge is 0.315 e. The number of amides is 2. The van der Waals surface area contributed by atoms with Crippen LogP contribution in [0.3, 0.4) is 0 Å². The summed E-state index contributed by atoms with van der Waals surface area (Å²) in [5.74, 6) is -0.960. The quantitative estimate of drug-likeness (QED) is 0.618. The molecule has 0 radical (unpaired) electrons. The molecule has 20 heavy (non-hydrogen) atoms. The van der Waals surface area contributed by atoms with Crippen LogP contribution in [0.25, 0.3) is 0 Å². The summed E-state index contributed by atoms with van der Waals surface area (Å²) in [5, 5.41) is 18.3. The van der Waals surface area contributed by atoms with E-state index in [9.17, 15) is 14.7 Å². The molecular weight excluding hydrogens is 258 g/mol. The fourth-order valence-electron chi connectivity index (χ4n) is 3.20. The Morgan fingerprint density at radius 2 is 1.80 bits per heavy atom. The molecule has 2 amide bonds. The average Bonchev–Trinajstić information content (AvgIpc) is 2.46. The Labute approximate surface area is 119 Å². The van der Waals surface area contributed by atoms with E-state index >= 15 is 0 Å². The predicted octanol–water partition coefficient (Wildman–Crippen LogP) is 0.929. The molecule has 1 aliphatic heterocycles. The highest BCUT2D eigenvalue weighted by molar-refractivity contribution is 5.74. The van der Waals surface area contributed by atoms with Gasteiger partial charge in [-0.15, -0.1) is 0 Å². The Morgan fingerprint density at radius 1 is 1.10 bits per heavy atom. The lowest BCUT2D eigenvalue weighted by Gasteiger charge is -2.29. The van der Waals surface area contributed by atoms with Gasteiger partial charge in [-0.05, 0) is 44.7 Å². The Kier molecular flexibility index (Phi) is 5.64. The molecule has 2 rings (SSSR count). The summed E-state index contributed by atoms with van der Waals surface area (Å²) in [6, 6.07) is 0.0736. The zero-order valence-electron chi connectivity index (χ0n) is 11.9. The van der Waals surface area contributed by atoms with E-state index < -0.39 is 5.97 Å². The van der Waals surface area contributed by atoms with Crippen LogP contribution >= 0.6 is 0 Å². The first-order valence-electron chi connectivity index (χ1n) is 7.64. The van der Waals surface area contributed by atoms with E-state index in [0.29, 0.717) is 6.54 Å². The van der Waals surface area contributed by atoms with E-state index in [4.69, 9.17) is 0 Å². The second kappa shape index (κ2) is 7.47. The van der Waals surface area contributed by atoms with Crippen LogP contribution in [-0.4, -0.2) is 42.8 Å². The number of carbonyl (C=O) groups is 2. The van der Waals surface area contributed by atoms with Crippen molar-refractivity contribution in [2.24, 2.45) is 11.8 Å². The van der Waals surface area contributed by atoms with Crippen molar-refractivity contribution in [3.05, 3.63) is 0 Å². The number of carboxylic acids is 1. The summed E-state index contributed by atoms with van der Waals surface area (Å²) in [6.45, 7) is 2.34. The molecule has 0 spiro atoms. The summed E-state index contributed by atoms with van der Waals surface area (Å²) in [4.78, 5) is 23.0. The topological polar surface area (TPSA) is 90.5 Å². The predicted molar refractivity (Wildman–Crippen MR) is 75.5 cm³/mol. The van der Waals surface area contributed by atoms with Gasteiger partial charge in [0.05, 0.1) is 5.92 Å². The van der Waals surface area contributed by atoms with Crippen molar-refractivity contribution in [2.75, 3.05) is 19.6 Å². The normalized spacial score (nSPS) is 27.8. The van der Waals surface area contributed by atoms with Crippen LogP contribution in [0.2, 0.25) is 0 Å². The summed E-state index contributed by atoms with van der Waals surface area (Å²) in [5.41, 5.74) is 0. The first-order chi connectivity index (χ1) is 9.66. The number of urea groups is 1. The van der Waals surface area contributed by atoms with Crippen molar-refractivity contribution in [3.63, 3.8) is 0 Å². The van der Waals surface area contributed by atoms with Gasteiger partial charge in [-0.1, -0.05) is 12.8 Å². The maximum Gasteiger partial charge on any atom is 0.315 e. The van der Waals surface area contributed by atoms with E-state index in [0.717, 1.165) is 51.6 Å². The molecule has 6 nitrogen and oxygen atoms in total. The van der Waals surface area contributed by atoms with Crippen molar-refractivity contribution >= 4 is 12.0 Å². The number of rotatable bonds is 4. The zero-order chi connectivity index (χ0) is 14.4. The van der Waals surface area contributed by atoms with Gasteiger partial charge in [0.1, 0.15) is 0 Å². The maximum absolute atomic E-state index is 11.8. The van der Waals surface area contributed by atoms with Crippen molar-refractivity contribution < 1.29 is 14.7 Å². The molecule has 0 aromatic carbocycles. The van der Waals surface area contributed by atoms with Crippen LogP contribution in [0, 0.1) is 11.8 Å². The van der Waals surface area contributed by atoms with Gasteiger partial charge in [-0.3, -0.25) is 4.79 Å². The Hall–Kier alpha value is -1.30. The number of carboxylic acid groups (broad SMARTS) is 1. The average molecular weight is 283 g/mol. The van der Waals surface area contributed by atoms with Crippen LogP contribution < -0.4 is 16.0 Å². The summed E-state index contributed by atoms with van der Waals surface area (Å²) < 4.78 is 0. The fraction of sp³-hybridized carbons (Fsp3) is 0.857. The molecule has 2 atom stereocenters. The summed E-state index contributed by atoms with van der Waals surface area (Å²) in [7, 11) is 0. The van der Waals surface area contributed by atoms with E-state index in [2.05, 4.69) is 16.0 Å². The third-order valence-electron chi connectivity index (χ3n) is 4.43. The molecule has 0 aromatic heterocycles. The van der Waals surface area contributed by atoms with Gasteiger partial charge < -0.3 is 21.1 Å². The molecule has 114 valence electrons. The van der Waals surface area contributed by atoms with Crippen LogP contribution in [0.1, 0.15) is 38.5 Å². The molecular formula is C14H25N3O3. The second-order valence-electron chi connectivity index (χ2n) is 5.87. The molecule has 6 heteroatoms. The highest BCUT2D eigenvalue weighted by Crippen LogP contribution is 2.29. The molecule has 2 aliphatic rings. The van der Waals surface area contributed by atoms with Gasteiger partial charge in [-0.25, -0.2) is 4.79 Å². The molecule has 1 heterocycles. The minimum absolute atomic E-state index is 0.0695. The first kappa shape index (κ1) is 15.1. The number of hydrogen-bond donors (Lipinski definition) is 4. The molecule has 1 aliphatic carbocycles. The van der Waals surface area contributed by atoms with E-state index in [1.807, 2.05) is 0 Å². The van der Waals surface area contributed by atoms with E-state index in [-0.39, 0.29) is 23.9 Å². The van der Waals surface area contributed by atoms with Gasteiger partial charge in [0.25, 0.3) is 0 Å². The standard InChI is InChI=1S/C14H25N3O3/c18-13(19)12-4-2-1-3-10(12)9-16-14(20)17-11-5-7-15-8-6-11/h10-12,15H,1-9H2,(H,18,19)(H2,16,17,20). The third kappa shape index (κ3) is 4.37. The van der Waals surface area contributed by atoms with Crippen LogP contribution in [-0.2, 0) is 4.79 Å². The Morgan fingerprint density at radius 3 is 2.50 bits per heavy atom. The molecule has 4 N–H and O–H groups in total. The van der Waals surface area contributed by atoms with Gasteiger partial charge in [0, 0.05) is 12.6 Å². The minimum Gasteiger partial charge on any atom is -0.481 e. The third-order valence-corrected chi connectivity index (χ3v) is 4.43. The highest BCUT2D eigenvalue weighted by atomic mass is 16.4. The zero-order valence-corrected chi connectivity index (χ0v) is 11.9. The lowest BCUT2D eigenvalue weighted by Crippen LogP contribution is -2.48. The Bertz CT molecular complexity index is 343. The van der Waals surface area contributed by atoms with Gasteiger partial charge in [0.15, 0.2) is 0 Å². The fourth-order valence-corrected chi connectivity index (χ4v) is 3.20. The minimum atomic E-state index is -0.727. The molecule has 0 aromatic rings. The number of nitrogens with one attached hydrogen (secondary N) is 3. The maximum atomic E-state index is 11.8. The van der Waals surface area contributed by atoms with Crippen molar-refractivity contribution in [1.82, 2.24) is 16.0 Å². The van der Waals surface area contributed by atoms with Gasteiger partial charge in [-0.2, -0.15) is 0 Å². The van der Waals surface area contributed by atoms with E-state index in [1.54, 1.807) is 0 Å². The van der Waals surface area contributed by atoms with Crippen molar-refractivity contribution in [3.8, 4) is 0 Å². The van der Waals surface area contributed by atoms with Gasteiger partial charge >= 0.3 is 12.0 Å². The summed E-state index contributed by atoms with van der Waals surface area (Å²) in [6.07, 6.45) is 5.58. The number of aliphatic carboxylic acids is 1. The Balaban J connectivity index is 1.72. The monoisotopic (exact) mass is 283 g/mol. The lowest BCUT2D eigenvalue weighted by atomic mass is 9.79. The molecule has 0 bridgehead atoms. The van der Waals surface area contributed by atoms with Crippen LogP contribution in [0.5, 0.6) is 0 Å².